The highest BCUT2D eigenvalue weighted by molar-refractivity contribution is 5.95. The van der Waals surface area contributed by atoms with Crippen molar-refractivity contribution in [2.75, 3.05) is 25.5 Å². The normalized spacial score (nSPS) is 14.7. The molecule has 1 aliphatic rings. The first-order valence-electron chi connectivity index (χ1n) is 10.4. The number of pyridine rings is 1. The molecule has 5 rings (SSSR count). The minimum atomic E-state index is -0.0220. The molecule has 0 saturated carbocycles. The van der Waals surface area contributed by atoms with Gasteiger partial charge in [-0.15, -0.1) is 0 Å². The summed E-state index contributed by atoms with van der Waals surface area (Å²) in [5.41, 5.74) is 5.09. The minimum absolute atomic E-state index is 0.0220. The maximum atomic E-state index is 13.3. The minimum Gasteiger partial charge on any atom is -0.387 e. The molecule has 0 atom stereocenters. The highest BCUT2D eigenvalue weighted by Gasteiger charge is 2.19. The van der Waals surface area contributed by atoms with Gasteiger partial charge in [-0.1, -0.05) is 0 Å². The highest BCUT2D eigenvalue weighted by atomic mass is 16.1. The second-order valence-corrected chi connectivity index (χ2v) is 7.97. The lowest BCUT2D eigenvalue weighted by molar-refractivity contribution is 0.359. The first kappa shape index (κ1) is 19.3. The van der Waals surface area contributed by atoms with Crippen LogP contribution < -0.4 is 16.2 Å². The highest BCUT2D eigenvalue weighted by Crippen LogP contribution is 2.30. The molecule has 0 amide bonds. The van der Waals surface area contributed by atoms with E-state index in [1.807, 2.05) is 49.0 Å². The van der Waals surface area contributed by atoms with E-state index in [9.17, 15) is 10.1 Å². The van der Waals surface area contributed by atoms with Gasteiger partial charge in [0.15, 0.2) is 5.65 Å². The number of anilines is 1. The number of nitrogens with zero attached hydrogens (tertiary/aromatic N) is 5. The van der Waals surface area contributed by atoms with Crippen molar-refractivity contribution in [2.24, 2.45) is 0 Å². The van der Waals surface area contributed by atoms with Crippen LogP contribution in [0.2, 0.25) is 0 Å². The SMILES string of the molecule is CNc1cc(-c2cc(C#N)c3nc(C)cn3c2)cc2ncn(C3CCNCC3)c(=O)c12. The van der Waals surface area contributed by atoms with Gasteiger partial charge in [0.05, 0.1) is 28.5 Å². The van der Waals surface area contributed by atoms with E-state index in [0.29, 0.717) is 22.1 Å². The Morgan fingerprint density at radius 2 is 2.00 bits per heavy atom. The van der Waals surface area contributed by atoms with Gasteiger partial charge in [0.25, 0.3) is 5.56 Å². The largest absolute Gasteiger partial charge is 0.387 e. The van der Waals surface area contributed by atoms with Crippen LogP contribution in [-0.4, -0.2) is 39.1 Å². The first-order valence-corrected chi connectivity index (χ1v) is 10.4. The molecule has 0 spiro atoms. The second kappa shape index (κ2) is 7.52. The number of imidazole rings is 1. The molecule has 31 heavy (non-hydrogen) atoms. The summed E-state index contributed by atoms with van der Waals surface area (Å²) in [6.07, 6.45) is 7.36. The van der Waals surface area contributed by atoms with Crippen LogP contribution in [-0.2, 0) is 0 Å². The van der Waals surface area contributed by atoms with Gasteiger partial charge in [-0.2, -0.15) is 5.26 Å². The molecular weight excluding hydrogens is 390 g/mol. The Kier molecular flexibility index (Phi) is 4.68. The molecule has 0 unspecified atom stereocenters. The summed E-state index contributed by atoms with van der Waals surface area (Å²) in [7, 11) is 1.81. The zero-order valence-corrected chi connectivity index (χ0v) is 17.5. The summed E-state index contributed by atoms with van der Waals surface area (Å²) in [6, 6.07) is 8.10. The van der Waals surface area contributed by atoms with Gasteiger partial charge in [-0.3, -0.25) is 9.36 Å². The Balaban J connectivity index is 1.69. The molecule has 2 N–H and O–H groups in total. The summed E-state index contributed by atoms with van der Waals surface area (Å²) in [4.78, 5) is 22.4. The average molecular weight is 413 g/mol. The second-order valence-electron chi connectivity index (χ2n) is 7.97. The molecule has 156 valence electrons. The van der Waals surface area contributed by atoms with Gasteiger partial charge in [-0.05, 0) is 62.2 Å². The molecule has 8 nitrogen and oxygen atoms in total. The van der Waals surface area contributed by atoms with Crippen LogP contribution in [0.15, 0.2) is 41.7 Å². The van der Waals surface area contributed by atoms with Crippen LogP contribution in [0.3, 0.4) is 0 Å². The summed E-state index contributed by atoms with van der Waals surface area (Å²) >= 11 is 0. The van der Waals surface area contributed by atoms with Crippen LogP contribution in [0.5, 0.6) is 0 Å². The van der Waals surface area contributed by atoms with E-state index in [1.165, 1.54) is 0 Å². The van der Waals surface area contributed by atoms with E-state index in [-0.39, 0.29) is 11.6 Å². The molecular formula is C23H23N7O. The van der Waals surface area contributed by atoms with Crippen molar-refractivity contribution in [1.29, 1.82) is 5.26 Å². The van der Waals surface area contributed by atoms with E-state index in [0.717, 1.165) is 48.4 Å². The number of aromatic nitrogens is 4. The van der Waals surface area contributed by atoms with Gasteiger partial charge in [-0.25, -0.2) is 9.97 Å². The molecule has 1 fully saturated rings. The number of piperidine rings is 1. The van der Waals surface area contributed by atoms with Crippen molar-refractivity contribution < 1.29 is 0 Å². The fourth-order valence-corrected chi connectivity index (χ4v) is 4.43. The number of aryl methyl sites for hydroxylation is 1. The lowest BCUT2D eigenvalue weighted by Gasteiger charge is -2.24. The third-order valence-corrected chi connectivity index (χ3v) is 5.98. The van der Waals surface area contributed by atoms with Gasteiger partial charge in [0.1, 0.15) is 6.07 Å². The zero-order valence-electron chi connectivity index (χ0n) is 17.5. The zero-order chi connectivity index (χ0) is 21.5. The maximum absolute atomic E-state index is 13.3. The molecule has 1 aliphatic heterocycles. The first-order chi connectivity index (χ1) is 15.1. The molecule has 0 bridgehead atoms. The number of benzene rings is 1. The van der Waals surface area contributed by atoms with Crippen molar-refractivity contribution in [2.45, 2.75) is 25.8 Å². The standard InChI is InChI=1S/C23H23N7O/c1-14-11-29-12-17(7-16(10-24)22(29)28-14)15-8-19(25-2)21-20(9-15)27-13-30(23(21)31)18-3-5-26-6-4-18/h7-9,11-13,18,25-26H,3-6H2,1-2H3. The molecule has 0 aliphatic carbocycles. The quantitative estimate of drug-likeness (QED) is 0.536. The fraction of sp³-hybridized carbons (Fsp3) is 0.304. The number of hydrogen-bond donors (Lipinski definition) is 2. The molecule has 1 aromatic carbocycles. The summed E-state index contributed by atoms with van der Waals surface area (Å²) in [5, 5.41) is 16.7. The Labute approximate surface area is 179 Å². The number of rotatable bonds is 3. The van der Waals surface area contributed by atoms with Gasteiger partial charge in [0, 0.05) is 31.2 Å². The third-order valence-electron chi connectivity index (χ3n) is 5.98. The van der Waals surface area contributed by atoms with Crippen LogP contribution in [0, 0.1) is 18.3 Å². The van der Waals surface area contributed by atoms with E-state index in [1.54, 1.807) is 10.9 Å². The Bertz CT molecular complexity index is 1400. The van der Waals surface area contributed by atoms with Crippen LogP contribution >= 0.6 is 0 Å². The summed E-state index contributed by atoms with van der Waals surface area (Å²) in [5.74, 6) is 0. The van der Waals surface area contributed by atoms with Crippen molar-refractivity contribution in [3.05, 3.63) is 58.5 Å². The van der Waals surface area contributed by atoms with E-state index in [2.05, 4.69) is 26.7 Å². The van der Waals surface area contributed by atoms with Crippen LogP contribution in [0.4, 0.5) is 5.69 Å². The summed E-state index contributed by atoms with van der Waals surface area (Å²) < 4.78 is 3.65. The third kappa shape index (κ3) is 3.23. The summed E-state index contributed by atoms with van der Waals surface area (Å²) in [6.45, 7) is 3.72. The number of nitriles is 1. The predicted molar refractivity (Wildman–Crippen MR) is 120 cm³/mol. The van der Waals surface area contributed by atoms with Gasteiger partial charge < -0.3 is 15.0 Å². The van der Waals surface area contributed by atoms with Crippen molar-refractivity contribution >= 4 is 22.2 Å². The van der Waals surface area contributed by atoms with E-state index in [4.69, 9.17) is 0 Å². The molecule has 1 saturated heterocycles. The Morgan fingerprint density at radius 3 is 2.74 bits per heavy atom. The van der Waals surface area contributed by atoms with Crippen molar-refractivity contribution in [3.63, 3.8) is 0 Å². The van der Waals surface area contributed by atoms with Crippen molar-refractivity contribution in [1.82, 2.24) is 24.3 Å². The lowest BCUT2D eigenvalue weighted by atomic mass is 10.0. The topological polar surface area (TPSA) is 100 Å². The number of fused-ring (bicyclic) bond motifs is 2. The number of nitrogens with one attached hydrogen (secondary N) is 2. The van der Waals surface area contributed by atoms with Gasteiger partial charge in [0.2, 0.25) is 0 Å². The molecule has 8 heteroatoms. The van der Waals surface area contributed by atoms with Crippen molar-refractivity contribution in [3.8, 4) is 17.2 Å². The van der Waals surface area contributed by atoms with E-state index >= 15 is 0 Å². The smallest absolute Gasteiger partial charge is 0.263 e. The predicted octanol–water partition coefficient (Wildman–Crippen LogP) is 2.86. The average Bonchev–Trinajstić information content (AvgIpc) is 3.18. The number of hydrogen-bond acceptors (Lipinski definition) is 6. The fourth-order valence-electron chi connectivity index (χ4n) is 4.43. The van der Waals surface area contributed by atoms with Crippen LogP contribution in [0.25, 0.3) is 27.7 Å². The monoisotopic (exact) mass is 413 g/mol. The maximum Gasteiger partial charge on any atom is 0.263 e. The van der Waals surface area contributed by atoms with E-state index < -0.39 is 0 Å². The molecule has 4 aromatic rings. The molecule has 4 heterocycles. The van der Waals surface area contributed by atoms with Gasteiger partial charge >= 0.3 is 0 Å². The molecule has 0 radical (unpaired) electrons. The Hall–Kier alpha value is -3.70. The molecule has 3 aromatic heterocycles. The lowest BCUT2D eigenvalue weighted by Crippen LogP contribution is -2.34. The Morgan fingerprint density at radius 1 is 1.19 bits per heavy atom. The van der Waals surface area contributed by atoms with Crippen LogP contribution in [0.1, 0.15) is 30.1 Å².